The summed E-state index contributed by atoms with van der Waals surface area (Å²) >= 11 is 4.58. The first-order valence-corrected chi connectivity index (χ1v) is 8.54. The largest absolute Gasteiger partial charge is 0.301 e. The minimum Gasteiger partial charge on any atom is -0.301 e. The molecule has 0 radical (unpaired) electrons. The molecule has 2 fully saturated rings. The third-order valence-corrected chi connectivity index (χ3v) is 6.03. The molecule has 2 rings (SSSR count). The molecule has 1 aliphatic heterocycles. The summed E-state index contributed by atoms with van der Waals surface area (Å²) in [7, 11) is -0.544. The molecular weight excluding hydrogens is 238 g/mol. The Hall–Kier alpha value is 0.460. The van der Waals surface area contributed by atoms with Gasteiger partial charge in [-0.3, -0.25) is 4.21 Å². The first kappa shape index (κ1) is 12.9. The summed E-state index contributed by atoms with van der Waals surface area (Å²) < 4.78 is 11.3. The van der Waals surface area contributed by atoms with Crippen LogP contribution in [0.1, 0.15) is 32.1 Å². The van der Waals surface area contributed by atoms with Gasteiger partial charge in [0.05, 0.1) is 0 Å². The van der Waals surface area contributed by atoms with Gasteiger partial charge < -0.3 is 4.90 Å². The highest BCUT2D eigenvalue weighted by atomic mass is 32.2. The Bertz CT molecular complexity index is 241. The minimum absolute atomic E-state index is 0.459. The molecule has 1 heterocycles. The van der Waals surface area contributed by atoms with E-state index in [4.69, 9.17) is 0 Å². The molecule has 4 heteroatoms. The highest BCUT2D eigenvalue weighted by Gasteiger charge is 2.33. The Morgan fingerprint density at radius 2 is 1.75 bits per heavy atom. The van der Waals surface area contributed by atoms with Crippen molar-refractivity contribution in [2.75, 3.05) is 36.9 Å². The molecule has 0 N–H and O–H groups in total. The van der Waals surface area contributed by atoms with Gasteiger partial charge in [0.15, 0.2) is 0 Å². The van der Waals surface area contributed by atoms with Gasteiger partial charge in [-0.2, -0.15) is 12.6 Å². The van der Waals surface area contributed by atoms with E-state index in [2.05, 4.69) is 17.5 Å². The van der Waals surface area contributed by atoms with Crippen molar-refractivity contribution in [2.45, 2.75) is 32.1 Å². The van der Waals surface area contributed by atoms with Gasteiger partial charge in [-0.1, -0.05) is 19.3 Å². The van der Waals surface area contributed by atoms with Crippen molar-refractivity contribution in [3.8, 4) is 0 Å². The van der Waals surface area contributed by atoms with Crippen LogP contribution in [-0.4, -0.2) is 46.0 Å². The molecule has 16 heavy (non-hydrogen) atoms. The van der Waals surface area contributed by atoms with Crippen LogP contribution in [0.2, 0.25) is 0 Å². The molecule has 1 saturated heterocycles. The number of rotatable bonds is 3. The molecule has 0 unspecified atom stereocenters. The summed E-state index contributed by atoms with van der Waals surface area (Å²) in [4.78, 5) is 2.52. The molecule has 2 nitrogen and oxygen atoms in total. The van der Waals surface area contributed by atoms with Gasteiger partial charge in [0.1, 0.15) is 0 Å². The maximum Gasteiger partial charge on any atom is 0.0363 e. The van der Waals surface area contributed by atoms with Crippen molar-refractivity contribution in [1.82, 2.24) is 4.90 Å². The van der Waals surface area contributed by atoms with E-state index in [9.17, 15) is 4.21 Å². The predicted octanol–water partition coefficient (Wildman–Crippen LogP) is 1.93. The van der Waals surface area contributed by atoms with Crippen LogP contribution in [0.15, 0.2) is 0 Å². The van der Waals surface area contributed by atoms with Gasteiger partial charge in [0.25, 0.3) is 0 Å². The fraction of sp³-hybridized carbons (Fsp3) is 1.00. The highest BCUT2D eigenvalue weighted by Crippen LogP contribution is 2.38. The molecular formula is C12H23NOS2. The molecule has 0 atom stereocenters. The van der Waals surface area contributed by atoms with E-state index in [-0.39, 0.29) is 0 Å². The normalized spacial score (nSPS) is 28.1. The Kier molecular flexibility index (Phi) is 4.74. The summed E-state index contributed by atoms with van der Waals surface area (Å²) in [5.41, 5.74) is 0.459. The lowest BCUT2D eigenvalue weighted by Gasteiger charge is -2.41. The fourth-order valence-electron chi connectivity index (χ4n) is 2.98. The molecule has 0 aromatic rings. The summed E-state index contributed by atoms with van der Waals surface area (Å²) in [6.07, 6.45) is 6.84. The van der Waals surface area contributed by atoms with Gasteiger partial charge in [-0.25, -0.2) is 0 Å². The molecule has 2 aliphatic rings. The third kappa shape index (κ3) is 3.23. The smallest absolute Gasteiger partial charge is 0.0363 e. The lowest BCUT2D eigenvalue weighted by atomic mass is 9.75. The SMILES string of the molecule is O=S1CCN(CC2(CS)CCCCC2)CC1. The van der Waals surface area contributed by atoms with Crippen molar-refractivity contribution >= 4 is 23.4 Å². The van der Waals surface area contributed by atoms with E-state index in [1.807, 2.05) is 0 Å². The Morgan fingerprint density at radius 1 is 1.12 bits per heavy atom. The first-order valence-electron chi connectivity index (χ1n) is 6.42. The second-order valence-corrected chi connectivity index (χ2v) is 7.36. The van der Waals surface area contributed by atoms with Crippen LogP contribution in [-0.2, 0) is 10.8 Å². The Morgan fingerprint density at radius 3 is 2.31 bits per heavy atom. The molecule has 0 aromatic carbocycles. The molecule has 0 bridgehead atoms. The second-order valence-electron chi connectivity index (χ2n) is 5.34. The quantitative estimate of drug-likeness (QED) is 0.784. The Balaban J connectivity index is 1.88. The maximum absolute atomic E-state index is 11.3. The van der Waals surface area contributed by atoms with Crippen LogP contribution >= 0.6 is 12.6 Å². The van der Waals surface area contributed by atoms with Crippen molar-refractivity contribution < 1.29 is 4.21 Å². The van der Waals surface area contributed by atoms with E-state index in [0.717, 1.165) is 30.3 Å². The van der Waals surface area contributed by atoms with Crippen molar-refractivity contribution in [2.24, 2.45) is 5.41 Å². The third-order valence-electron chi connectivity index (χ3n) is 4.08. The van der Waals surface area contributed by atoms with Crippen LogP contribution in [0.4, 0.5) is 0 Å². The lowest BCUT2D eigenvalue weighted by Crippen LogP contribution is -2.46. The number of hydrogen-bond acceptors (Lipinski definition) is 3. The second kappa shape index (κ2) is 5.87. The predicted molar refractivity (Wildman–Crippen MR) is 73.7 cm³/mol. The molecule has 0 aromatic heterocycles. The topological polar surface area (TPSA) is 20.3 Å². The minimum atomic E-state index is -0.544. The van der Waals surface area contributed by atoms with Crippen LogP contribution in [0.25, 0.3) is 0 Å². The summed E-state index contributed by atoms with van der Waals surface area (Å²) in [5, 5.41) is 0. The van der Waals surface area contributed by atoms with Gasteiger partial charge in [0, 0.05) is 41.9 Å². The average molecular weight is 261 g/mol. The van der Waals surface area contributed by atoms with Gasteiger partial charge in [-0.05, 0) is 24.0 Å². The van der Waals surface area contributed by atoms with E-state index in [0.29, 0.717) is 5.41 Å². The zero-order valence-electron chi connectivity index (χ0n) is 9.99. The summed E-state index contributed by atoms with van der Waals surface area (Å²) in [6.45, 7) is 3.25. The molecule has 1 saturated carbocycles. The standard InChI is InChI=1S/C12H23NOS2/c14-16-8-6-13(7-9-16)10-12(11-15)4-2-1-3-5-12/h15H,1-11H2. The van der Waals surface area contributed by atoms with E-state index >= 15 is 0 Å². The zero-order valence-corrected chi connectivity index (χ0v) is 11.7. The lowest BCUT2D eigenvalue weighted by molar-refractivity contribution is 0.133. The molecule has 94 valence electrons. The van der Waals surface area contributed by atoms with E-state index in [1.54, 1.807) is 0 Å². The molecule has 1 aliphatic carbocycles. The van der Waals surface area contributed by atoms with Gasteiger partial charge in [0.2, 0.25) is 0 Å². The number of nitrogens with zero attached hydrogens (tertiary/aromatic N) is 1. The fourth-order valence-corrected chi connectivity index (χ4v) is 4.52. The van der Waals surface area contributed by atoms with Gasteiger partial charge in [-0.15, -0.1) is 0 Å². The van der Waals surface area contributed by atoms with Crippen LogP contribution in [0, 0.1) is 5.41 Å². The van der Waals surface area contributed by atoms with Crippen LogP contribution < -0.4 is 0 Å². The summed E-state index contributed by atoms with van der Waals surface area (Å²) in [5.74, 6) is 2.78. The van der Waals surface area contributed by atoms with Crippen molar-refractivity contribution in [1.29, 1.82) is 0 Å². The van der Waals surface area contributed by atoms with Crippen molar-refractivity contribution in [3.63, 3.8) is 0 Å². The number of thiol groups is 1. The first-order chi connectivity index (χ1) is 7.74. The van der Waals surface area contributed by atoms with Crippen LogP contribution in [0.5, 0.6) is 0 Å². The summed E-state index contributed by atoms with van der Waals surface area (Å²) in [6, 6.07) is 0. The van der Waals surface area contributed by atoms with E-state index in [1.165, 1.54) is 38.6 Å². The zero-order chi connectivity index (χ0) is 11.4. The monoisotopic (exact) mass is 261 g/mol. The maximum atomic E-state index is 11.3. The molecule has 0 amide bonds. The average Bonchev–Trinajstić information content (AvgIpc) is 2.33. The van der Waals surface area contributed by atoms with Gasteiger partial charge >= 0.3 is 0 Å². The Labute approximate surface area is 107 Å². The van der Waals surface area contributed by atoms with Crippen LogP contribution in [0.3, 0.4) is 0 Å². The highest BCUT2D eigenvalue weighted by molar-refractivity contribution is 7.85. The van der Waals surface area contributed by atoms with Crippen molar-refractivity contribution in [3.05, 3.63) is 0 Å². The number of hydrogen-bond donors (Lipinski definition) is 1. The van der Waals surface area contributed by atoms with E-state index < -0.39 is 10.8 Å². The molecule has 0 spiro atoms.